The van der Waals surface area contributed by atoms with E-state index >= 15 is 0 Å². The number of piperidine rings is 1. The molecular weight excluding hydrogens is 418 g/mol. The van der Waals surface area contributed by atoms with Gasteiger partial charge in [-0.1, -0.05) is 13.3 Å². The van der Waals surface area contributed by atoms with Crippen LogP contribution in [0.25, 0.3) is 0 Å². The molecule has 0 unspecified atom stereocenters. The van der Waals surface area contributed by atoms with E-state index in [2.05, 4.69) is 16.2 Å². The van der Waals surface area contributed by atoms with Crippen LogP contribution >= 0.6 is 0 Å². The third-order valence-corrected chi connectivity index (χ3v) is 5.89. The topological polar surface area (TPSA) is 129 Å². The Kier molecular flexibility index (Phi) is 7.47. The van der Waals surface area contributed by atoms with Gasteiger partial charge >= 0.3 is 12.1 Å². The molecule has 11 heteroatoms. The minimum atomic E-state index is -0.637. The molecule has 5 amide bonds. The monoisotopic (exact) mass is 453 g/mol. The number of hydroxylamine groups is 2. The van der Waals surface area contributed by atoms with Gasteiger partial charge in [-0.2, -0.15) is 5.06 Å². The van der Waals surface area contributed by atoms with Gasteiger partial charge in [0.2, 0.25) is 5.91 Å². The molecule has 11 nitrogen and oxygen atoms in total. The second kappa shape index (κ2) is 9.93. The Morgan fingerprint density at radius 1 is 1.09 bits per heavy atom. The molecule has 3 fully saturated rings. The molecular formula is C21H35N5O6. The van der Waals surface area contributed by atoms with Crippen LogP contribution in [0.4, 0.5) is 9.59 Å². The highest BCUT2D eigenvalue weighted by Gasteiger charge is 2.48. The molecule has 0 spiro atoms. The first kappa shape index (κ1) is 24.1. The van der Waals surface area contributed by atoms with Gasteiger partial charge in [0.25, 0.3) is 5.91 Å². The molecule has 1 aliphatic carbocycles. The average Bonchev–Trinajstić information content (AvgIpc) is 2.92. The third kappa shape index (κ3) is 5.81. The molecule has 3 rings (SSSR count). The molecule has 32 heavy (non-hydrogen) atoms. The standard InChI is InChI=1S/C21H35N5O6/c1-5-6-9-31-26-15-7-8-16(25(12-15)20(26)30)18(28)24-23-17(27)13-10-14(11-13)22-19(29)32-21(2,3)4/h13-16H,5-12H2,1-4H3,(H,22,29)(H,23,27)(H,24,28)/t13?,14?,15-,16-/m0/s1. The number of hydrogen-bond donors (Lipinski definition) is 3. The summed E-state index contributed by atoms with van der Waals surface area (Å²) in [6.07, 6.45) is 3.45. The number of fused-ring (bicyclic) bond motifs is 2. The Morgan fingerprint density at radius 2 is 1.78 bits per heavy atom. The van der Waals surface area contributed by atoms with Crippen molar-refractivity contribution in [3.05, 3.63) is 0 Å². The predicted octanol–water partition coefficient (Wildman–Crippen LogP) is 1.44. The van der Waals surface area contributed by atoms with Crippen LogP contribution in [-0.2, 0) is 19.2 Å². The lowest BCUT2D eigenvalue weighted by Gasteiger charge is -2.35. The molecule has 3 aliphatic rings. The van der Waals surface area contributed by atoms with Gasteiger partial charge < -0.3 is 15.0 Å². The minimum Gasteiger partial charge on any atom is -0.444 e. The smallest absolute Gasteiger partial charge is 0.407 e. The summed E-state index contributed by atoms with van der Waals surface area (Å²) in [6, 6.07) is -1.11. The molecule has 0 radical (unpaired) electrons. The molecule has 0 aromatic rings. The van der Waals surface area contributed by atoms with Gasteiger partial charge in [-0.05, 0) is 52.9 Å². The van der Waals surface area contributed by atoms with E-state index in [9.17, 15) is 19.2 Å². The number of carbonyl (C=O) groups excluding carboxylic acids is 4. The molecule has 1 saturated carbocycles. The number of alkyl carbamates (subject to hydrolysis) is 1. The Morgan fingerprint density at radius 3 is 2.44 bits per heavy atom. The molecule has 2 heterocycles. The summed E-state index contributed by atoms with van der Waals surface area (Å²) >= 11 is 0. The summed E-state index contributed by atoms with van der Waals surface area (Å²) in [5.74, 6) is -1.03. The van der Waals surface area contributed by atoms with Crippen molar-refractivity contribution < 1.29 is 28.8 Å². The molecule has 2 saturated heterocycles. The predicted molar refractivity (Wildman–Crippen MR) is 114 cm³/mol. The Bertz CT molecular complexity index is 733. The maximum atomic E-state index is 12.6. The van der Waals surface area contributed by atoms with Crippen LogP contribution in [0.5, 0.6) is 0 Å². The number of unbranched alkanes of at least 4 members (excludes halogenated alkanes) is 1. The fraction of sp³-hybridized carbons (Fsp3) is 0.810. The van der Waals surface area contributed by atoms with Crippen molar-refractivity contribution >= 4 is 23.9 Å². The van der Waals surface area contributed by atoms with E-state index in [-0.39, 0.29) is 29.9 Å². The molecule has 2 bridgehead atoms. The molecule has 3 N–H and O–H groups in total. The van der Waals surface area contributed by atoms with E-state index in [0.717, 1.165) is 12.8 Å². The Labute approximate surface area is 188 Å². The number of amides is 5. The summed E-state index contributed by atoms with van der Waals surface area (Å²) in [5.41, 5.74) is 4.33. The summed E-state index contributed by atoms with van der Waals surface area (Å²) in [5, 5.41) is 4.13. The lowest BCUT2D eigenvalue weighted by molar-refractivity contribution is -0.135. The van der Waals surface area contributed by atoms with E-state index in [1.807, 2.05) is 6.92 Å². The molecule has 180 valence electrons. The third-order valence-electron chi connectivity index (χ3n) is 5.89. The second-order valence-corrected chi connectivity index (χ2v) is 9.68. The lowest BCUT2D eigenvalue weighted by Crippen LogP contribution is -2.57. The maximum Gasteiger partial charge on any atom is 0.407 e. The van der Waals surface area contributed by atoms with Gasteiger partial charge in [-0.15, -0.1) is 0 Å². The van der Waals surface area contributed by atoms with Gasteiger partial charge in [-0.25, -0.2) is 9.59 Å². The Hall–Kier alpha value is -2.56. The van der Waals surface area contributed by atoms with Crippen LogP contribution in [-0.4, -0.2) is 70.8 Å². The van der Waals surface area contributed by atoms with Crippen LogP contribution < -0.4 is 16.2 Å². The number of carbonyl (C=O) groups is 4. The number of hydrogen-bond acceptors (Lipinski definition) is 6. The van der Waals surface area contributed by atoms with Gasteiger partial charge in [0.15, 0.2) is 0 Å². The summed E-state index contributed by atoms with van der Waals surface area (Å²) < 4.78 is 5.20. The SMILES string of the molecule is CCCCON1C(=O)N2C[C@@H]1CC[C@H]2C(=O)NNC(=O)C1CC(NC(=O)OC(C)(C)C)C1. The number of ether oxygens (including phenoxy) is 1. The first-order valence-electron chi connectivity index (χ1n) is 11.4. The first-order chi connectivity index (χ1) is 15.1. The fourth-order valence-electron chi connectivity index (χ4n) is 4.11. The van der Waals surface area contributed by atoms with E-state index < -0.39 is 23.6 Å². The second-order valence-electron chi connectivity index (χ2n) is 9.68. The normalized spacial score (nSPS) is 26.9. The zero-order valence-corrected chi connectivity index (χ0v) is 19.3. The van der Waals surface area contributed by atoms with Crippen LogP contribution in [0.2, 0.25) is 0 Å². The zero-order chi connectivity index (χ0) is 23.5. The van der Waals surface area contributed by atoms with Gasteiger partial charge in [0, 0.05) is 18.5 Å². The van der Waals surface area contributed by atoms with Gasteiger partial charge in [-0.3, -0.25) is 25.3 Å². The van der Waals surface area contributed by atoms with Crippen molar-refractivity contribution in [3.8, 4) is 0 Å². The molecule has 2 atom stereocenters. The largest absolute Gasteiger partial charge is 0.444 e. The Balaban J connectivity index is 1.39. The summed E-state index contributed by atoms with van der Waals surface area (Å²) in [7, 11) is 0. The van der Waals surface area contributed by atoms with Gasteiger partial charge in [0.05, 0.1) is 12.6 Å². The molecule has 2 aliphatic heterocycles. The van der Waals surface area contributed by atoms with Crippen molar-refractivity contribution in [2.75, 3.05) is 13.2 Å². The van der Waals surface area contributed by atoms with Crippen molar-refractivity contribution in [1.82, 2.24) is 26.1 Å². The zero-order valence-electron chi connectivity index (χ0n) is 19.3. The average molecular weight is 454 g/mol. The van der Waals surface area contributed by atoms with Crippen LogP contribution in [0.1, 0.15) is 66.2 Å². The fourth-order valence-corrected chi connectivity index (χ4v) is 4.11. The molecule has 0 aromatic heterocycles. The minimum absolute atomic E-state index is 0.0395. The lowest BCUT2D eigenvalue weighted by atomic mass is 9.80. The van der Waals surface area contributed by atoms with Crippen molar-refractivity contribution in [3.63, 3.8) is 0 Å². The van der Waals surface area contributed by atoms with E-state index in [4.69, 9.17) is 9.57 Å². The number of rotatable bonds is 7. The highest BCUT2D eigenvalue weighted by Crippen LogP contribution is 2.30. The van der Waals surface area contributed by atoms with Crippen molar-refractivity contribution in [2.45, 2.75) is 89.9 Å². The number of urea groups is 1. The van der Waals surface area contributed by atoms with Gasteiger partial charge in [0.1, 0.15) is 11.6 Å². The number of nitrogens with one attached hydrogen (secondary N) is 3. The first-order valence-corrected chi connectivity index (χ1v) is 11.4. The van der Waals surface area contributed by atoms with Crippen LogP contribution in [0, 0.1) is 5.92 Å². The highest BCUT2D eigenvalue weighted by atomic mass is 16.7. The van der Waals surface area contributed by atoms with Crippen LogP contribution in [0.15, 0.2) is 0 Å². The number of hydrazine groups is 1. The quantitative estimate of drug-likeness (QED) is 0.395. The highest BCUT2D eigenvalue weighted by molar-refractivity contribution is 5.90. The van der Waals surface area contributed by atoms with Crippen molar-refractivity contribution in [2.24, 2.45) is 5.92 Å². The summed E-state index contributed by atoms with van der Waals surface area (Å²) in [4.78, 5) is 56.5. The van der Waals surface area contributed by atoms with E-state index in [1.165, 1.54) is 9.96 Å². The maximum absolute atomic E-state index is 12.6. The van der Waals surface area contributed by atoms with Crippen molar-refractivity contribution in [1.29, 1.82) is 0 Å². The van der Waals surface area contributed by atoms with E-state index in [0.29, 0.717) is 38.8 Å². The number of nitrogens with zero attached hydrogens (tertiary/aromatic N) is 2. The summed E-state index contributed by atoms with van der Waals surface area (Å²) in [6.45, 7) is 8.32. The van der Waals surface area contributed by atoms with Crippen LogP contribution in [0.3, 0.4) is 0 Å². The van der Waals surface area contributed by atoms with E-state index in [1.54, 1.807) is 20.8 Å². The molecule has 0 aromatic carbocycles.